The first-order valence-electron chi connectivity index (χ1n) is 6.89. The van der Waals surface area contributed by atoms with Gasteiger partial charge in [0.05, 0.1) is 11.5 Å². The second-order valence-corrected chi connectivity index (χ2v) is 5.00. The van der Waals surface area contributed by atoms with Crippen molar-refractivity contribution in [2.75, 3.05) is 50.0 Å². The summed E-state index contributed by atoms with van der Waals surface area (Å²) in [5.74, 6) is 0.334. The second kappa shape index (κ2) is 6.64. The Hall–Kier alpha value is -2.00. The van der Waals surface area contributed by atoms with Crippen molar-refractivity contribution in [1.29, 1.82) is 0 Å². The van der Waals surface area contributed by atoms with Gasteiger partial charge in [-0.1, -0.05) is 0 Å². The van der Waals surface area contributed by atoms with Crippen LogP contribution in [-0.2, 0) is 0 Å². The van der Waals surface area contributed by atoms with E-state index in [9.17, 15) is 10.1 Å². The van der Waals surface area contributed by atoms with Gasteiger partial charge in [-0.15, -0.1) is 0 Å². The van der Waals surface area contributed by atoms with Gasteiger partial charge in [-0.2, -0.15) is 4.98 Å². The van der Waals surface area contributed by atoms with Crippen molar-refractivity contribution < 1.29 is 10.0 Å². The topological polar surface area (TPSA) is 122 Å². The highest BCUT2D eigenvalue weighted by Gasteiger charge is 2.27. The fourth-order valence-electron chi connectivity index (χ4n) is 2.56. The van der Waals surface area contributed by atoms with E-state index in [-0.39, 0.29) is 29.8 Å². The Morgan fingerprint density at radius 1 is 1.33 bits per heavy atom. The smallest absolute Gasteiger partial charge is 0.332 e. The molecule has 21 heavy (non-hydrogen) atoms. The average molecular weight is 296 g/mol. The molecule has 1 aliphatic rings. The number of rotatable bonds is 4. The van der Waals surface area contributed by atoms with Crippen molar-refractivity contribution in [3.05, 3.63) is 15.8 Å². The van der Waals surface area contributed by atoms with Crippen LogP contribution in [0.25, 0.3) is 0 Å². The van der Waals surface area contributed by atoms with E-state index in [2.05, 4.69) is 14.9 Å². The molecular weight excluding hydrogens is 276 g/mol. The number of aryl methyl sites for hydroxylation is 1. The highest BCUT2D eigenvalue weighted by molar-refractivity contribution is 5.62. The third-order valence-corrected chi connectivity index (χ3v) is 3.54. The van der Waals surface area contributed by atoms with Gasteiger partial charge < -0.3 is 15.7 Å². The van der Waals surface area contributed by atoms with E-state index in [0.29, 0.717) is 19.6 Å². The molecular formula is C12H20N6O3. The molecule has 2 rings (SSSR count). The molecule has 1 saturated heterocycles. The Balaban J connectivity index is 2.27. The molecule has 0 aliphatic carbocycles. The molecule has 0 radical (unpaired) electrons. The van der Waals surface area contributed by atoms with Crippen molar-refractivity contribution in [2.45, 2.75) is 13.3 Å². The number of nitro groups is 1. The van der Waals surface area contributed by atoms with E-state index in [0.717, 1.165) is 19.5 Å². The maximum Gasteiger partial charge on any atom is 0.332 e. The third-order valence-electron chi connectivity index (χ3n) is 3.54. The molecule has 0 atom stereocenters. The lowest BCUT2D eigenvalue weighted by molar-refractivity contribution is -0.385. The van der Waals surface area contributed by atoms with Gasteiger partial charge >= 0.3 is 5.69 Å². The van der Waals surface area contributed by atoms with Crippen LogP contribution in [0.5, 0.6) is 0 Å². The van der Waals surface area contributed by atoms with Gasteiger partial charge in [-0.05, 0) is 19.9 Å². The largest absolute Gasteiger partial charge is 0.395 e. The molecule has 0 aromatic carbocycles. The summed E-state index contributed by atoms with van der Waals surface area (Å²) in [5.41, 5.74) is 5.83. The molecule has 0 spiro atoms. The van der Waals surface area contributed by atoms with E-state index < -0.39 is 4.92 Å². The van der Waals surface area contributed by atoms with Gasteiger partial charge in [0.1, 0.15) is 5.69 Å². The Morgan fingerprint density at radius 3 is 2.76 bits per heavy atom. The number of nitrogen functional groups attached to an aromatic ring is 1. The van der Waals surface area contributed by atoms with Crippen LogP contribution in [0.3, 0.4) is 0 Å². The number of nitrogens with zero attached hydrogens (tertiary/aromatic N) is 5. The predicted octanol–water partition coefficient (Wildman–Crippen LogP) is -0.220. The number of nitrogens with two attached hydrogens (primary N) is 1. The molecule has 0 unspecified atom stereocenters. The molecule has 1 aromatic rings. The van der Waals surface area contributed by atoms with Crippen molar-refractivity contribution in [3.63, 3.8) is 0 Å². The van der Waals surface area contributed by atoms with E-state index >= 15 is 0 Å². The van der Waals surface area contributed by atoms with Gasteiger partial charge in [0.25, 0.3) is 0 Å². The Bertz CT molecular complexity index is 524. The molecule has 2 heterocycles. The zero-order valence-electron chi connectivity index (χ0n) is 12.0. The number of β-amino-alcohol motifs (C(OH)–C–C–N with tert-alkyl or cyclic N) is 1. The molecule has 0 bridgehead atoms. The maximum atomic E-state index is 11.3. The zero-order valence-corrected chi connectivity index (χ0v) is 12.0. The average Bonchev–Trinajstić information content (AvgIpc) is 2.63. The number of aliphatic hydroxyl groups is 1. The first kappa shape index (κ1) is 15.4. The summed E-state index contributed by atoms with van der Waals surface area (Å²) in [6.07, 6.45) is 0.847. The first-order valence-corrected chi connectivity index (χ1v) is 6.89. The summed E-state index contributed by atoms with van der Waals surface area (Å²) in [5, 5.41) is 20.3. The van der Waals surface area contributed by atoms with E-state index in [1.165, 1.54) is 0 Å². The lowest BCUT2D eigenvalue weighted by Gasteiger charge is -2.22. The van der Waals surface area contributed by atoms with Crippen molar-refractivity contribution in [2.24, 2.45) is 0 Å². The highest BCUT2D eigenvalue weighted by atomic mass is 16.6. The highest BCUT2D eigenvalue weighted by Crippen LogP contribution is 2.29. The zero-order chi connectivity index (χ0) is 15.4. The lowest BCUT2D eigenvalue weighted by atomic mass is 10.3. The second-order valence-electron chi connectivity index (χ2n) is 5.00. The minimum Gasteiger partial charge on any atom is -0.395 e. The minimum atomic E-state index is -0.458. The first-order chi connectivity index (χ1) is 10.0. The third kappa shape index (κ3) is 3.56. The molecule has 3 N–H and O–H groups in total. The fraction of sp³-hybridized carbons (Fsp3) is 0.667. The number of aromatic nitrogens is 2. The maximum absolute atomic E-state index is 11.3. The SMILES string of the molecule is Cc1nc(N)nc(N2CCCN(CCO)CC2)c1[N+](=O)[O-]. The van der Waals surface area contributed by atoms with E-state index in [1.54, 1.807) is 6.92 Å². The van der Waals surface area contributed by atoms with Crippen LogP contribution in [0.2, 0.25) is 0 Å². The van der Waals surface area contributed by atoms with Crippen molar-refractivity contribution in [3.8, 4) is 0 Å². The molecule has 1 fully saturated rings. The number of aliphatic hydroxyl groups excluding tert-OH is 1. The molecule has 116 valence electrons. The standard InChI is InChI=1S/C12H20N6O3/c1-9-10(18(20)21)11(15-12(13)14-9)17-4-2-3-16(5-6-17)7-8-19/h19H,2-8H2,1H3,(H2,13,14,15). The Morgan fingerprint density at radius 2 is 2.10 bits per heavy atom. The van der Waals surface area contributed by atoms with Crippen molar-refractivity contribution >= 4 is 17.5 Å². The lowest BCUT2D eigenvalue weighted by Crippen LogP contribution is -2.33. The summed E-state index contributed by atoms with van der Waals surface area (Å²) in [6, 6.07) is 0. The number of hydrogen-bond acceptors (Lipinski definition) is 8. The van der Waals surface area contributed by atoms with Crippen LogP contribution >= 0.6 is 0 Å². The predicted molar refractivity (Wildman–Crippen MR) is 78.2 cm³/mol. The number of anilines is 2. The van der Waals surface area contributed by atoms with Gasteiger partial charge in [-0.3, -0.25) is 15.0 Å². The Kier molecular flexibility index (Phi) is 4.86. The molecule has 1 aromatic heterocycles. The summed E-state index contributed by atoms with van der Waals surface area (Å²) in [4.78, 5) is 22.8. The molecule has 9 nitrogen and oxygen atoms in total. The normalized spacial score (nSPS) is 16.8. The summed E-state index contributed by atoms with van der Waals surface area (Å²) in [6.45, 7) is 5.14. The molecule has 9 heteroatoms. The van der Waals surface area contributed by atoms with Crippen LogP contribution < -0.4 is 10.6 Å². The minimum absolute atomic E-state index is 0.0459. The summed E-state index contributed by atoms with van der Waals surface area (Å²) >= 11 is 0. The van der Waals surface area contributed by atoms with Crippen LogP contribution in [0.1, 0.15) is 12.1 Å². The van der Waals surface area contributed by atoms with E-state index in [1.807, 2.05) is 4.90 Å². The summed E-state index contributed by atoms with van der Waals surface area (Å²) in [7, 11) is 0. The van der Waals surface area contributed by atoms with Gasteiger partial charge in [-0.25, -0.2) is 4.98 Å². The monoisotopic (exact) mass is 296 g/mol. The quantitative estimate of drug-likeness (QED) is 0.577. The van der Waals surface area contributed by atoms with Crippen LogP contribution in [0, 0.1) is 17.0 Å². The molecule has 1 aliphatic heterocycles. The van der Waals surface area contributed by atoms with Gasteiger partial charge in [0.2, 0.25) is 11.8 Å². The number of hydrogen-bond donors (Lipinski definition) is 2. The van der Waals surface area contributed by atoms with Gasteiger partial charge in [0.15, 0.2) is 0 Å². The summed E-state index contributed by atoms with van der Waals surface area (Å²) < 4.78 is 0. The van der Waals surface area contributed by atoms with Gasteiger partial charge in [0, 0.05) is 26.2 Å². The molecule has 0 saturated carbocycles. The van der Waals surface area contributed by atoms with Crippen LogP contribution in [0.4, 0.5) is 17.5 Å². The Labute approximate surface area is 122 Å². The molecule has 0 amide bonds. The van der Waals surface area contributed by atoms with Crippen molar-refractivity contribution in [1.82, 2.24) is 14.9 Å². The fourth-order valence-corrected chi connectivity index (χ4v) is 2.56. The van der Waals surface area contributed by atoms with E-state index in [4.69, 9.17) is 10.8 Å². The van der Waals surface area contributed by atoms with Crippen LogP contribution in [0.15, 0.2) is 0 Å². The van der Waals surface area contributed by atoms with Crippen LogP contribution in [-0.4, -0.2) is 64.2 Å².